The highest BCUT2D eigenvalue weighted by Gasteiger charge is 2.34. The monoisotopic (exact) mass is 483 g/mol. The molecule has 0 radical (unpaired) electrons. The van der Waals surface area contributed by atoms with Gasteiger partial charge < -0.3 is 19.5 Å². The van der Waals surface area contributed by atoms with Crippen molar-refractivity contribution in [2.24, 2.45) is 0 Å². The minimum atomic E-state index is -3.85. The largest absolute Gasteiger partial charge is 0.497 e. The Labute approximate surface area is 196 Å². The van der Waals surface area contributed by atoms with Gasteiger partial charge in [0, 0.05) is 22.6 Å². The maximum absolute atomic E-state index is 13.3. The van der Waals surface area contributed by atoms with Crippen LogP contribution < -0.4 is 19.5 Å². The Hall–Kier alpha value is -3.48. The minimum Gasteiger partial charge on any atom is -0.497 e. The smallest absolute Gasteiger partial charge is 0.225 e. The topological polar surface area (TPSA) is 90.9 Å². The van der Waals surface area contributed by atoms with Gasteiger partial charge in [0.25, 0.3) is 0 Å². The highest BCUT2D eigenvalue weighted by atomic mass is 32.2. The zero-order valence-electron chi connectivity index (χ0n) is 18.0. The van der Waals surface area contributed by atoms with Crippen LogP contribution >= 0.6 is 11.3 Å². The first kappa shape index (κ1) is 22.7. The van der Waals surface area contributed by atoms with E-state index < -0.39 is 9.84 Å². The Bertz CT molecular complexity index is 1340. The number of rotatable bonds is 7. The van der Waals surface area contributed by atoms with Gasteiger partial charge in [0.2, 0.25) is 15.7 Å². The molecule has 1 unspecified atom stereocenters. The van der Waals surface area contributed by atoms with E-state index in [2.05, 4.69) is 11.2 Å². The zero-order chi connectivity index (χ0) is 23.6. The SMILES string of the molecule is C#CCOc1cc(C2CC(=O)Nc3c(S(=O)(=O)c4ccc(OC)cc4)csc32)ccc1OC. The number of nitrogens with one attached hydrogen (secondary N) is 1. The number of thiophene rings is 1. The molecule has 1 aliphatic heterocycles. The Morgan fingerprint density at radius 1 is 1.12 bits per heavy atom. The van der Waals surface area contributed by atoms with Crippen molar-refractivity contribution in [3.8, 4) is 29.6 Å². The summed E-state index contributed by atoms with van der Waals surface area (Å²) in [6, 6.07) is 11.5. The Morgan fingerprint density at radius 2 is 1.88 bits per heavy atom. The lowest BCUT2D eigenvalue weighted by molar-refractivity contribution is -0.116. The third-order valence-electron chi connectivity index (χ3n) is 5.32. The summed E-state index contributed by atoms with van der Waals surface area (Å²) in [7, 11) is -0.811. The van der Waals surface area contributed by atoms with Crippen LogP contribution in [0.3, 0.4) is 0 Å². The average Bonchev–Trinajstić information content (AvgIpc) is 3.26. The van der Waals surface area contributed by atoms with Crippen LogP contribution in [0.15, 0.2) is 57.6 Å². The molecule has 0 spiro atoms. The van der Waals surface area contributed by atoms with E-state index in [9.17, 15) is 13.2 Å². The summed E-state index contributed by atoms with van der Waals surface area (Å²) in [5.41, 5.74) is 1.12. The first-order valence-corrected chi connectivity index (χ1v) is 12.3. The number of sulfone groups is 1. The van der Waals surface area contributed by atoms with Crippen LogP contribution in [0.25, 0.3) is 0 Å². The Kier molecular flexibility index (Phi) is 6.31. The third-order valence-corrected chi connectivity index (χ3v) is 8.36. The predicted molar refractivity (Wildman–Crippen MR) is 125 cm³/mol. The van der Waals surface area contributed by atoms with Crippen molar-refractivity contribution in [2.75, 3.05) is 26.1 Å². The molecule has 1 N–H and O–H groups in total. The van der Waals surface area contributed by atoms with Crippen LogP contribution in [0.4, 0.5) is 5.69 Å². The van der Waals surface area contributed by atoms with E-state index >= 15 is 0 Å². The number of hydrogen-bond donors (Lipinski definition) is 1. The van der Waals surface area contributed by atoms with E-state index in [0.29, 0.717) is 22.9 Å². The fraction of sp³-hybridized carbons (Fsp3) is 0.208. The molecule has 170 valence electrons. The summed E-state index contributed by atoms with van der Waals surface area (Å²) in [5, 5.41) is 4.33. The van der Waals surface area contributed by atoms with E-state index in [-0.39, 0.29) is 34.6 Å². The molecule has 0 fully saturated rings. The number of hydrogen-bond acceptors (Lipinski definition) is 7. The van der Waals surface area contributed by atoms with Crippen LogP contribution in [0.1, 0.15) is 22.8 Å². The van der Waals surface area contributed by atoms with Crippen LogP contribution in [0, 0.1) is 12.3 Å². The molecular formula is C24H21NO6S2. The molecule has 7 nitrogen and oxygen atoms in total. The number of fused-ring (bicyclic) bond motifs is 1. The summed E-state index contributed by atoms with van der Waals surface area (Å²) in [6.07, 6.45) is 5.48. The summed E-state index contributed by atoms with van der Waals surface area (Å²) in [4.78, 5) is 13.5. The van der Waals surface area contributed by atoms with Gasteiger partial charge in [0.05, 0.1) is 24.8 Å². The average molecular weight is 484 g/mol. The first-order valence-electron chi connectivity index (χ1n) is 9.93. The Balaban J connectivity index is 1.76. The van der Waals surface area contributed by atoms with Crippen molar-refractivity contribution in [3.05, 3.63) is 58.3 Å². The second-order valence-electron chi connectivity index (χ2n) is 7.23. The molecule has 0 aliphatic carbocycles. The molecule has 1 aliphatic rings. The van der Waals surface area contributed by atoms with Crippen LogP contribution in [-0.2, 0) is 14.6 Å². The van der Waals surface area contributed by atoms with Gasteiger partial charge in [-0.15, -0.1) is 17.8 Å². The van der Waals surface area contributed by atoms with Gasteiger partial charge in [-0.2, -0.15) is 0 Å². The van der Waals surface area contributed by atoms with Gasteiger partial charge in [-0.05, 0) is 42.0 Å². The van der Waals surface area contributed by atoms with Gasteiger partial charge in [-0.1, -0.05) is 12.0 Å². The standard InChI is InChI=1S/C24H21NO6S2/c1-4-11-31-20-12-15(5-10-19(20)30-3)18-13-22(26)25-23-21(14-32-24(18)23)33(27,28)17-8-6-16(29-2)7-9-17/h1,5-10,12,14,18H,11,13H2,2-3H3,(H,25,26). The number of ether oxygens (including phenoxy) is 3. The molecule has 2 heterocycles. The van der Waals surface area contributed by atoms with E-state index in [1.165, 1.54) is 37.7 Å². The molecule has 0 saturated heterocycles. The highest BCUT2D eigenvalue weighted by molar-refractivity contribution is 7.91. The second-order valence-corrected chi connectivity index (χ2v) is 10.1. The third kappa shape index (κ3) is 4.27. The van der Waals surface area contributed by atoms with Crippen LogP contribution in [-0.4, -0.2) is 35.2 Å². The molecule has 1 atom stereocenters. The summed E-state index contributed by atoms with van der Waals surface area (Å²) in [6.45, 7) is 0.0689. The molecule has 1 aromatic heterocycles. The lowest BCUT2D eigenvalue weighted by atomic mass is 9.90. The molecule has 1 amide bonds. The molecule has 2 aromatic carbocycles. The maximum atomic E-state index is 13.3. The van der Waals surface area contributed by atoms with Gasteiger partial charge in [0.1, 0.15) is 17.3 Å². The van der Waals surface area contributed by atoms with Gasteiger partial charge in [-0.25, -0.2) is 8.42 Å². The molecular weight excluding hydrogens is 462 g/mol. The number of anilines is 1. The van der Waals surface area contributed by atoms with Gasteiger partial charge in [-0.3, -0.25) is 4.79 Å². The van der Waals surface area contributed by atoms with Crippen molar-refractivity contribution in [1.82, 2.24) is 0 Å². The number of methoxy groups -OCH3 is 2. The van der Waals surface area contributed by atoms with Crippen LogP contribution in [0.2, 0.25) is 0 Å². The van der Waals surface area contributed by atoms with E-state index in [4.69, 9.17) is 20.6 Å². The molecule has 9 heteroatoms. The molecule has 0 bridgehead atoms. The van der Waals surface area contributed by atoms with Gasteiger partial charge in [0.15, 0.2) is 11.5 Å². The molecule has 4 rings (SSSR count). The minimum absolute atomic E-state index is 0.0689. The normalized spacial score (nSPS) is 15.2. The fourth-order valence-electron chi connectivity index (χ4n) is 3.70. The van der Waals surface area contributed by atoms with E-state index in [0.717, 1.165) is 10.4 Å². The summed E-state index contributed by atoms with van der Waals surface area (Å²) >= 11 is 1.30. The highest BCUT2D eigenvalue weighted by Crippen LogP contribution is 2.47. The van der Waals surface area contributed by atoms with Crippen molar-refractivity contribution in [3.63, 3.8) is 0 Å². The molecule has 33 heavy (non-hydrogen) atoms. The first-order chi connectivity index (χ1) is 15.9. The van der Waals surface area contributed by atoms with Crippen molar-refractivity contribution >= 4 is 32.8 Å². The predicted octanol–water partition coefficient (Wildman–Crippen LogP) is 4.08. The van der Waals surface area contributed by atoms with E-state index in [1.54, 1.807) is 29.6 Å². The number of carbonyl (C=O) groups excluding carboxylic acids is 1. The van der Waals surface area contributed by atoms with Crippen LogP contribution in [0.5, 0.6) is 17.2 Å². The van der Waals surface area contributed by atoms with Crippen molar-refractivity contribution in [1.29, 1.82) is 0 Å². The number of amides is 1. The molecule has 0 saturated carbocycles. The van der Waals surface area contributed by atoms with E-state index in [1.807, 2.05) is 6.07 Å². The number of benzene rings is 2. The zero-order valence-corrected chi connectivity index (χ0v) is 19.6. The van der Waals surface area contributed by atoms with Crippen molar-refractivity contribution < 1.29 is 27.4 Å². The number of carbonyl (C=O) groups is 1. The number of terminal acetylenes is 1. The lowest BCUT2D eigenvalue weighted by Crippen LogP contribution is -2.23. The summed E-state index contributed by atoms with van der Waals surface area (Å²) in [5.74, 6) is 3.35. The fourth-order valence-corrected chi connectivity index (χ4v) is 6.60. The van der Waals surface area contributed by atoms with Gasteiger partial charge >= 0.3 is 0 Å². The summed E-state index contributed by atoms with van der Waals surface area (Å²) < 4.78 is 42.7. The second kappa shape index (κ2) is 9.17. The lowest BCUT2D eigenvalue weighted by Gasteiger charge is -2.24. The quantitative estimate of drug-likeness (QED) is 0.509. The Morgan fingerprint density at radius 3 is 2.55 bits per heavy atom. The maximum Gasteiger partial charge on any atom is 0.225 e. The van der Waals surface area contributed by atoms with Crippen molar-refractivity contribution in [2.45, 2.75) is 22.1 Å². The molecule has 3 aromatic rings.